The van der Waals surface area contributed by atoms with Gasteiger partial charge in [-0.2, -0.15) is 0 Å². The summed E-state index contributed by atoms with van der Waals surface area (Å²) in [7, 11) is 4.21. The van der Waals surface area contributed by atoms with Crippen molar-refractivity contribution in [3.63, 3.8) is 0 Å². The second kappa shape index (κ2) is 14.7. The molecular formula is C29H40N2O9. The number of primary amides is 1. The lowest BCUT2D eigenvalue weighted by Gasteiger charge is -2.29. The van der Waals surface area contributed by atoms with Crippen LogP contribution in [0.5, 0.6) is 0 Å². The van der Waals surface area contributed by atoms with Crippen LogP contribution in [0.15, 0.2) is 58.6 Å². The smallest absolute Gasteiger partial charge is 0.405 e. The molecule has 40 heavy (non-hydrogen) atoms. The van der Waals surface area contributed by atoms with E-state index in [4.69, 9.17) is 24.7 Å². The average molecular weight is 561 g/mol. The van der Waals surface area contributed by atoms with Crippen LogP contribution in [0.1, 0.15) is 40.5 Å². The maximum absolute atomic E-state index is 13.3. The van der Waals surface area contributed by atoms with Gasteiger partial charge in [0.2, 0.25) is 11.6 Å². The number of aliphatic hydroxyl groups excluding tert-OH is 1. The lowest BCUT2D eigenvalue weighted by atomic mass is 9.85. The number of methoxy groups -OCH3 is 3. The fourth-order valence-corrected chi connectivity index (χ4v) is 4.78. The molecule has 2 rings (SSSR count). The minimum absolute atomic E-state index is 0.0801. The van der Waals surface area contributed by atoms with E-state index >= 15 is 0 Å². The number of carbonyl (C=O) groups is 4. The first-order chi connectivity index (χ1) is 18.8. The number of nitrogens with two attached hydrogens (primary N) is 1. The lowest BCUT2D eigenvalue weighted by molar-refractivity contribution is -0.120. The van der Waals surface area contributed by atoms with Crippen LogP contribution in [-0.4, -0.2) is 74.4 Å². The van der Waals surface area contributed by atoms with Crippen molar-refractivity contribution in [3.8, 4) is 0 Å². The Kier molecular flexibility index (Phi) is 12.0. The number of ketones is 2. The first-order valence-electron chi connectivity index (χ1n) is 13.0. The average Bonchev–Trinajstić information content (AvgIpc) is 2.90. The highest BCUT2D eigenvalue weighted by atomic mass is 16.6. The van der Waals surface area contributed by atoms with Gasteiger partial charge in [0.1, 0.15) is 6.10 Å². The van der Waals surface area contributed by atoms with Gasteiger partial charge in [0.05, 0.1) is 25.0 Å². The number of hydrogen-bond acceptors (Lipinski definition) is 9. The maximum Gasteiger partial charge on any atom is 0.405 e. The van der Waals surface area contributed by atoms with Crippen molar-refractivity contribution in [2.45, 2.75) is 65.0 Å². The van der Waals surface area contributed by atoms with Crippen molar-refractivity contribution in [2.75, 3.05) is 21.3 Å². The third-order valence-corrected chi connectivity index (χ3v) is 6.95. The predicted molar refractivity (Wildman–Crippen MR) is 147 cm³/mol. The Morgan fingerprint density at radius 2 is 1.77 bits per heavy atom. The van der Waals surface area contributed by atoms with E-state index in [1.54, 1.807) is 32.1 Å². The number of amides is 2. The molecule has 11 heteroatoms. The molecule has 0 radical (unpaired) electrons. The summed E-state index contributed by atoms with van der Waals surface area (Å²) in [6.07, 6.45) is 3.61. The number of rotatable bonds is 4. The van der Waals surface area contributed by atoms with E-state index in [1.165, 1.54) is 34.3 Å². The highest BCUT2D eigenvalue weighted by molar-refractivity contribution is 6.23. The number of nitrogens with one attached hydrogen (secondary N) is 1. The van der Waals surface area contributed by atoms with Gasteiger partial charge in [0.25, 0.3) is 5.91 Å². The SMILES string of the molecule is COC1=C2C[C@H](C)C[C@@H](OC)[C@@H](O)[C@H](C)/C=C(/C)C(OC(N)=O)[C@H](OC)C=C/C=C(\C)C(=O)NC(=CC1=O)C2=O. The minimum Gasteiger partial charge on any atom is -0.492 e. The number of Topliss-reactive ketones (excluding diaryl/α,β-unsaturated/α-hetero) is 1. The van der Waals surface area contributed by atoms with Gasteiger partial charge in [0.15, 0.2) is 11.9 Å². The third kappa shape index (κ3) is 8.23. The Morgan fingerprint density at radius 1 is 1.10 bits per heavy atom. The molecule has 1 heterocycles. The molecule has 0 saturated heterocycles. The van der Waals surface area contributed by atoms with Gasteiger partial charge in [-0.3, -0.25) is 14.4 Å². The van der Waals surface area contributed by atoms with Crippen LogP contribution in [0, 0.1) is 11.8 Å². The highest BCUT2D eigenvalue weighted by Gasteiger charge is 2.34. The predicted octanol–water partition coefficient (Wildman–Crippen LogP) is 2.41. The zero-order chi connectivity index (χ0) is 30.1. The van der Waals surface area contributed by atoms with Gasteiger partial charge in [-0.1, -0.05) is 38.2 Å². The van der Waals surface area contributed by atoms with Crippen molar-refractivity contribution in [2.24, 2.45) is 17.6 Å². The van der Waals surface area contributed by atoms with E-state index < -0.39 is 53.9 Å². The molecule has 0 spiro atoms. The first kappa shape index (κ1) is 32.7. The number of ether oxygens (including phenoxy) is 4. The molecular weight excluding hydrogens is 520 g/mol. The van der Waals surface area contributed by atoms with Crippen molar-refractivity contribution >= 4 is 23.6 Å². The summed E-state index contributed by atoms with van der Waals surface area (Å²) in [6.45, 7) is 6.92. The molecule has 0 saturated carbocycles. The van der Waals surface area contributed by atoms with E-state index in [0.717, 1.165) is 6.08 Å². The van der Waals surface area contributed by atoms with Gasteiger partial charge in [0, 0.05) is 37.4 Å². The summed E-state index contributed by atoms with van der Waals surface area (Å²) < 4.78 is 21.7. The van der Waals surface area contributed by atoms with E-state index in [-0.39, 0.29) is 34.9 Å². The molecule has 0 fully saturated rings. The van der Waals surface area contributed by atoms with E-state index in [1.807, 2.05) is 6.92 Å². The van der Waals surface area contributed by atoms with Gasteiger partial charge in [-0.15, -0.1) is 0 Å². The van der Waals surface area contributed by atoms with Crippen LogP contribution >= 0.6 is 0 Å². The Balaban J connectivity index is 2.60. The van der Waals surface area contributed by atoms with E-state index in [9.17, 15) is 24.3 Å². The first-order valence-corrected chi connectivity index (χ1v) is 13.0. The van der Waals surface area contributed by atoms with E-state index in [2.05, 4.69) is 5.32 Å². The number of aliphatic hydroxyl groups is 1. The quantitative estimate of drug-likeness (QED) is 0.346. The summed E-state index contributed by atoms with van der Waals surface area (Å²) in [5.41, 5.74) is 6.12. The van der Waals surface area contributed by atoms with Crippen molar-refractivity contribution in [1.29, 1.82) is 0 Å². The maximum atomic E-state index is 13.3. The Morgan fingerprint density at radius 3 is 2.35 bits per heavy atom. The standard InChI is InChI=1S/C29H40N2O9/c1-15-11-19-25(34)20(14-21(32)27(19)39-7)31-28(35)16(2)9-8-10-22(37-5)26(40-29(30)36)18(4)13-17(3)24(33)23(12-15)38-6/h8-10,13-15,17,22-24,26,33H,11-12H2,1-7H3,(H2,30,36)(H,31,35)/b10-8?,16-9+,18-13-/t15-,17+,22+,23+,24-,26?/m0/s1. The van der Waals surface area contributed by atoms with Crippen LogP contribution in [0.3, 0.4) is 0 Å². The number of fused-ring (bicyclic) bond motifs is 2. The molecule has 0 aromatic heterocycles. The number of hydrogen-bond donors (Lipinski definition) is 3. The number of carbonyl (C=O) groups excluding carboxylic acids is 4. The Bertz CT molecular complexity index is 1150. The van der Waals surface area contributed by atoms with Crippen LogP contribution in [0.25, 0.3) is 0 Å². The Labute approximate surface area is 234 Å². The molecule has 1 unspecified atom stereocenters. The van der Waals surface area contributed by atoms with Crippen molar-refractivity contribution in [3.05, 3.63) is 58.6 Å². The molecule has 220 valence electrons. The normalized spacial score (nSPS) is 31.9. The largest absolute Gasteiger partial charge is 0.492 e. The summed E-state index contributed by atoms with van der Waals surface area (Å²) in [6, 6.07) is 0. The third-order valence-electron chi connectivity index (χ3n) is 6.95. The fraction of sp³-hybridized carbons (Fsp3) is 0.517. The van der Waals surface area contributed by atoms with Gasteiger partial charge < -0.3 is 35.1 Å². The molecule has 1 aliphatic carbocycles. The monoisotopic (exact) mass is 560 g/mol. The molecule has 2 aliphatic rings. The highest BCUT2D eigenvalue weighted by Crippen LogP contribution is 2.29. The molecule has 2 amide bonds. The van der Waals surface area contributed by atoms with Crippen LogP contribution < -0.4 is 11.1 Å². The second-order valence-electron chi connectivity index (χ2n) is 10.1. The zero-order valence-electron chi connectivity index (χ0n) is 24.1. The summed E-state index contributed by atoms with van der Waals surface area (Å²) in [5, 5.41) is 13.7. The van der Waals surface area contributed by atoms with Crippen molar-refractivity contribution < 1.29 is 43.2 Å². The fourth-order valence-electron chi connectivity index (χ4n) is 4.78. The topological polar surface area (TPSA) is 163 Å². The zero-order valence-corrected chi connectivity index (χ0v) is 24.1. The molecule has 0 aromatic rings. The molecule has 6 atom stereocenters. The van der Waals surface area contributed by atoms with E-state index in [0.29, 0.717) is 12.0 Å². The molecule has 4 N–H and O–H groups in total. The molecule has 2 bridgehead atoms. The summed E-state index contributed by atoms with van der Waals surface area (Å²) >= 11 is 0. The van der Waals surface area contributed by atoms with Gasteiger partial charge in [-0.05, 0) is 38.2 Å². The Hall–Kier alpha value is -3.54. The summed E-state index contributed by atoms with van der Waals surface area (Å²) in [5.74, 6) is -2.39. The summed E-state index contributed by atoms with van der Waals surface area (Å²) in [4.78, 5) is 50.6. The minimum atomic E-state index is -1.00. The molecule has 0 aromatic carbocycles. The van der Waals surface area contributed by atoms with Gasteiger partial charge >= 0.3 is 6.09 Å². The second-order valence-corrected chi connectivity index (χ2v) is 10.1. The number of allylic oxidation sites excluding steroid dienone is 4. The van der Waals surface area contributed by atoms with Crippen LogP contribution in [-0.2, 0) is 33.3 Å². The van der Waals surface area contributed by atoms with Crippen molar-refractivity contribution in [1.82, 2.24) is 5.32 Å². The van der Waals surface area contributed by atoms with Crippen LogP contribution in [0.2, 0.25) is 0 Å². The van der Waals surface area contributed by atoms with Gasteiger partial charge in [-0.25, -0.2) is 4.79 Å². The van der Waals surface area contributed by atoms with Crippen LogP contribution in [0.4, 0.5) is 4.79 Å². The lowest BCUT2D eigenvalue weighted by Crippen LogP contribution is -2.37. The molecule has 1 aliphatic heterocycles. The molecule has 11 nitrogen and oxygen atoms in total.